The van der Waals surface area contributed by atoms with E-state index in [4.69, 9.17) is 4.42 Å². The van der Waals surface area contributed by atoms with Crippen LogP contribution in [0.3, 0.4) is 0 Å². The fourth-order valence-electron chi connectivity index (χ4n) is 1.32. The molecule has 0 bridgehead atoms. The zero-order chi connectivity index (χ0) is 10.8. The molecule has 0 aliphatic carbocycles. The van der Waals surface area contributed by atoms with Crippen LogP contribution in [0.2, 0.25) is 0 Å². The van der Waals surface area contributed by atoms with Gasteiger partial charge in [-0.2, -0.15) is 0 Å². The van der Waals surface area contributed by atoms with Crippen LogP contribution in [0.1, 0.15) is 5.76 Å². The first-order valence-electron chi connectivity index (χ1n) is 4.47. The van der Waals surface area contributed by atoms with E-state index in [0.29, 0.717) is 5.76 Å². The third-order valence-electron chi connectivity index (χ3n) is 2.13. The second kappa shape index (κ2) is 3.61. The zero-order valence-corrected chi connectivity index (χ0v) is 8.21. The van der Waals surface area contributed by atoms with Crippen molar-refractivity contribution < 1.29 is 4.42 Å². The quantitative estimate of drug-likeness (QED) is 0.704. The van der Waals surface area contributed by atoms with Crippen LogP contribution < -0.4 is 11.2 Å². The van der Waals surface area contributed by atoms with E-state index in [1.807, 2.05) is 0 Å². The Balaban J connectivity index is 2.49. The van der Waals surface area contributed by atoms with Crippen LogP contribution in [0.25, 0.3) is 0 Å². The smallest absolute Gasteiger partial charge is 0.331 e. The molecule has 2 rings (SSSR count). The van der Waals surface area contributed by atoms with Crippen molar-refractivity contribution in [2.75, 3.05) is 0 Å². The van der Waals surface area contributed by atoms with Crippen molar-refractivity contribution in [2.45, 2.75) is 6.54 Å². The third-order valence-corrected chi connectivity index (χ3v) is 2.13. The molecule has 5 nitrogen and oxygen atoms in total. The van der Waals surface area contributed by atoms with Gasteiger partial charge in [0, 0.05) is 19.3 Å². The number of rotatable bonds is 2. The van der Waals surface area contributed by atoms with Crippen LogP contribution in [0.15, 0.2) is 44.7 Å². The molecule has 0 spiro atoms. The Hall–Kier alpha value is -2.04. The van der Waals surface area contributed by atoms with Crippen LogP contribution in [0.5, 0.6) is 0 Å². The van der Waals surface area contributed by atoms with Gasteiger partial charge in [-0.05, 0) is 12.1 Å². The minimum atomic E-state index is -0.348. The lowest BCUT2D eigenvalue weighted by Crippen LogP contribution is -2.38. The second-order valence-electron chi connectivity index (χ2n) is 3.21. The Kier molecular flexibility index (Phi) is 2.29. The molecule has 0 fully saturated rings. The number of hydrogen-bond donors (Lipinski definition) is 0. The highest BCUT2D eigenvalue weighted by Gasteiger charge is 2.04. The molecule has 5 heteroatoms. The standard InChI is InChI=1S/C10H10N2O3/c1-11-5-4-9(13)12(10(11)14)7-8-3-2-6-15-8/h2-6H,7H2,1H3. The summed E-state index contributed by atoms with van der Waals surface area (Å²) in [6.45, 7) is 0.166. The van der Waals surface area contributed by atoms with E-state index in [1.165, 1.54) is 23.1 Å². The summed E-state index contributed by atoms with van der Waals surface area (Å²) in [7, 11) is 1.60. The fraction of sp³-hybridized carbons (Fsp3) is 0.200. The summed E-state index contributed by atoms with van der Waals surface area (Å²) >= 11 is 0. The molecule has 78 valence electrons. The van der Waals surface area contributed by atoms with Gasteiger partial charge in [-0.25, -0.2) is 4.79 Å². The molecule has 0 unspecified atom stereocenters. The Labute approximate surface area is 85.2 Å². The van der Waals surface area contributed by atoms with E-state index in [9.17, 15) is 9.59 Å². The van der Waals surface area contributed by atoms with E-state index in [1.54, 1.807) is 19.2 Å². The maximum atomic E-state index is 11.6. The summed E-state index contributed by atoms with van der Waals surface area (Å²) in [5.41, 5.74) is -0.673. The normalized spacial score (nSPS) is 10.5. The van der Waals surface area contributed by atoms with Gasteiger partial charge in [0.15, 0.2) is 0 Å². The predicted octanol–water partition coefficient (Wildman–Crippen LogP) is 0.188. The zero-order valence-electron chi connectivity index (χ0n) is 8.21. The first-order valence-corrected chi connectivity index (χ1v) is 4.47. The van der Waals surface area contributed by atoms with Gasteiger partial charge < -0.3 is 8.98 Å². The largest absolute Gasteiger partial charge is 0.467 e. The molecule has 15 heavy (non-hydrogen) atoms. The average molecular weight is 206 g/mol. The average Bonchev–Trinajstić information content (AvgIpc) is 2.71. The van der Waals surface area contributed by atoms with E-state index >= 15 is 0 Å². The summed E-state index contributed by atoms with van der Waals surface area (Å²) in [5.74, 6) is 0.584. The van der Waals surface area contributed by atoms with E-state index in [-0.39, 0.29) is 17.8 Å². The van der Waals surface area contributed by atoms with Crippen LogP contribution >= 0.6 is 0 Å². The van der Waals surface area contributed by atoms with Crippen LogP contribution in [0.4, 0.5) is 0 Å². The molecule has 0 aliphatic heterocycles. The minimum absolute atomic E-state index is 0.166. The minimum Gasteiger partial charge on any atom is -0.467 e. The Morgan fingerprint density at radius 2 is 2.13 bits per heavy atom. The van der Waals surface area contributed by atoms with Gasteiger partial charge in [0.1, 0.15) is 5.76 Å². The number of furan rings is 1. The van der Waals surface area contributed by atoms with Gasteiger partial charge >= 0.3 is 5.69 Å². The molecule has 0 atom stereocenters. The molecule has 0 aromatic carbocycles. The van der Waals surface area contributed by atoms with Gasteiger partial charge in [0.05, 0.1) is 12.8 Å². The molecule has 2 heterocycles. The Morgan fingerprint density at radius 1 is 1.33 bits per heavy atom. The number of aromatic nitrogens is 2. The molecule has 0 N–H and O–H groups in total. The van der Waals surface area contributed by atoms with Crippen molar-refractivity contribution in [3.05, 3.63) is 57.3 Å². The van der Waals surface area contributed by atoms with Gasteiger partial charge in [0.2, 0.25) is 0 Å². The molecule has 2 aromatic rings. The van der Waals surface area contributed by atoms with Crippen molar-refractivity contribution in [1.82, 2.24) is 9.13 Å². The highest BCUT2D eigenvalue weighted by Crippen LogP contribution is 1.99. The summed E-state index contributed by atoms with van der Waals surface area (Å²) in [6.07, 6.45) is 2.96. The maximum absolute atomic E-state index is 11.6. The summed E-state index contributed by atoms with van der Waals surface area (Å²) in [6, 6.07) is 4.79. The first-order chi connectivity index (χ1) is 7.18. The molecule has 0 aliphatic rings. The highest BCUT2D eigenvalue weighted by atomic mass is 16.3. The topological polar surface area (TPSA) is 57.1 Å². The highest BCUT2D eigenvalue weighted by molar-refractivity contribution is 4.99. The fourth-order valence-corrected chi connectivity index (χ4v) is 1.32. The number of aryl methyl sites for hydroxylation is 1. The van der Waals surface area contributed by atoms with Crippen molar-refractivity contribution in [3.63, 3.8) is 0 Å². The van der Waals surface area contributed by atoms with Crippen LogP contribution in [-0.4, -0.2) is 9.13 Å². The van der Waals surface area contributed by atoms with E-state index < -0.39 is 0 Å². The predicted molar refractivity (Wildman–Crippen MR) is 53.8 cm³/mol. The van der Waals surface area contributed by atoms with Crippen LogP contribution in [-0.2, 0) is 13.6 Å². The molecular weight excluding hydrogens is 196 g/mol. The lowest BCUT2D eigenvalue weighted by Gasteiger charge is -2.03. The van der Waals surface area contributed by atoms with Crippen molar-refractivity contribution in [1.29, 1.82) is 0 Å². The Bertz CT molecular complexity index is 563. The summed E-state index contributed by atoms with van der Waals surface area (Å²) in [4.78, 5) is 23.0. The molecular formula is C10H10N2O3. The van der Waals surface area contributed by atoms with E-state index in [0.717, 1.165) is 4.57 Å². The third kappa shape index (κ3) is 1.76. The lowest BCUT2D eigenvalue weighted by atomic mass is 10.4. The van der Waals surface area contributed by atoms with Crippen LogP contribution in [0, 0.1) is 0 Å². The van der Waals surface area contributed by atoms with Gasteiger partial charge in [-0.3, -0.25) is 9.36 Å². The SMILES string of the molecule is Cn1ccc(=O)n(Cc2ccco2)c1=O. The molecule has 2 aromatic heterocycles. The lowest BCUT2D eigenvalue weighted by molar-refractivity contribution is 0.478. The van der Waals surface area contributed by atoms with Gasteiger partial charge in [-0.15, -0.1) is 0 Å². The number of nitrogens with zero attached hydrogens (tertiary/aromatic N) is 2. The molecule has 0 radical (unpaired) electrons. The molecule has 0 saturated carbocycles. The molecule has 0 saturated heterocycles. The summed E-state index contributed by atoms with van der Waals surface area (Å²) in [5, 5.41) is 0. The Morgan fingerprint density at radius 3 is 2.80 bits per heavy atom. The number of hydrogen-bond acceptors (Lipinski definition) is 3. The van der Waals surface area contributed by atoms with E-state index in [2.05, 4.69) is 0 Å². The maximum Gasteiger partial charge on any atom is 0.331 e. The first kappa shape index (κ1) is 9.51. The van der Waals surface area contributed by atoms with Crippen molar-refractivity contribution in [3.8, 4) is 0 Å². The summed E-state index contributed by atoms with van der Waals surface area (Å²) < 4.78 is 7.55. The van der Waals surface area contributed by atoms with Gasteiger partial charge in [-0.1, -0.05) is 0 Å². The van der Waals surface area contributed by atoms with Crippen molar-refractivity contribution in [2.24, 2.45) is 7.05 Å². The second-order valence-corrected chi connectivity index (χ2v) is 3.21. The monoisotopic (exact) mass is 206 g/mol. The van der Waals surface area contributed by atoms with Crippen molar-refractivity contribution >= 4 is 0 Å². The van der Waals surface area contributed by atoms with Gasteiger partial charge in [0.25, 0.3) is 5.56 Å². The molecule has 0 amide bonds.